The Morgan fingerprint density at radius 1 is 0.902 bits per heavy atom. The number of dihydropyridines is 1. The number of hydrogen-bond acceptors (Lipinski definition) is 7. The highest BCUT2D eigenvalue weighted by Gasteiger charge is 2.40. The molecule has 1 aromatic heterocycles. The van der Waals surface area contributed by atoms with Gasteiger partial charge in [-0.25, -0.2) is 14.3 Å². The van der Waals surface area contributed by atoms with Crippen LogP contribution in [0.3, 0.4) is 0 Å². The summed E-state index contributed by atoms with van der Waals surface area (Å²) in [6.07, 6.45) is 2.34. The Hall–Kier alpha value is -3.78. The van der Waals surface area contributed by atoms with Crippen molar-refractivity contribution in [2.75, 3.05) is 5.75 Å². The molecule has 0 radical (unpaired) electrons. The van der Waals surface area contributed by atoms with Crippen LogP contribution < -0.4 is 5.32 Å². The second-order valence-electron chi connectivity index (χ2n) is 10.6. The van der Waals surface area contributed by atoms with Gasteiger partial charge >= 0.3 is 11.9 Å². The third kappa shape index (κ3) is 6.93. The standard InChI is InChI=1S/C33H39N3O4S/c1-8-18-41-26-16-14-24(15-17-26)31-27(19-36(35-31)25-12-10-9-11-13-25)30-28(32(37)39-20(2)3)22(6)34-23(7)29(30)33(38)40-21(4)5/h9-17,19-21,30,34H,8,18H2,1-7H3. The number of nitrogens with zero attached hydrogens (tertiary/aromatic N) is 2. The maximum atomic E-state index is 13.6. The summed E-state index contributed by atoms with van der Waals surface area (Å²) in [5, 5.41) is 8.26. The first kappa shape index (κ1) is 30.2. The number of allylic oxidation sites excluding steroid dienone is 2. The fourth-order valence-corrected chi connectivity index (χ4v) is 5.63. The number of carbonyl (C=O) groups is 2. The average Bonchev–Trinajstić information content (AvgIpc) is 3.36. The number of benzene rings is 2. The van der Waals surface area contributed by atoms with Crippen molar-refractivity contribution in [3.8, 4) is 16.9 Å². The molecule has 2 aromatic carbocycles. The predicted molar refractivity (Wildman–Crippen MR) is 164 cm³/mol. The van der Waals surface area contributed by atoms with E-state index in [-0.39, 0.29) is 12.2 Å². The van der Waals surface area contributed by atoms with Gasteiger partial charge in [-0.05, 0) is 78.0 Å². The van der Waals surface area contributed by atoms with Crippen molar-refractivity contribution in [3.63, 3.8) is 0 Å². The zero-order valence-electron chi connectivity index (χ0n) is 24.9. The summed E-state index contributed by atoms with van der Waals surface area (Å²) in [6.45, 7) is 13.1. The van der Waals surface area contributed by atoms with Crippen molar-refractivity contribution in [1.82, 2.24) is 15.1 Å². The van der Waals surface area contributed by atoms with Gasteiger partial charge in [0.15, 0.2) is 0 Å². The molecule has 1 aliphatic heterocycles. The van der Waals surface area contributed by atoms with E-state index in [2.05, 4.69) is 24.4 Å². The van der Waals surface area contributed by atoms with Crippen LogP contribution in [-0.4, -0.2) is 39.7 Å². The maximum absolute atomic E-state index is 13.6. The molecule has 0 bridgehead atoms. The molecule has 1 aliphatic rings. The van der Waals surface area contributed by atoms with Gasteiger partial charge in [0.25, 0.3) is 0 Å². The maximum Gasteiger partial charge on any atom is 0.337 e. The molecule has 8 heteroatoms. The second kappa shape index (κ2) is 13.3. The molecule has 0 saturated carbocycles. The number of ether oxygens (including phenoxy) is 2. The number of carbonyl (C=O) groups excluding carboxylic acids is 2. The summed E-state index contributed by atoms with van der Waals surface area (Å²) in [5.74, 6) is -0.682. The second-order valence-corrected chi connectivity index (χ2v) is 11.8. The smallest absolute Gasteiger partial charge is 0.337 e. The summed E-state index contributed by atoms with van der Waals surface area (Å²) < 4.78 is 13.2. The van der Waals surface area contributed by atoms with E-state index in [1.807, 2.05) is 102 Å². The lowest BCUT2D eigenvalue weighted by Gasteiger charge is -2.31. The van der Waals surface area contributed by atoms with Crippen LogP contribution in [0.1, 0.15) is 66.4 Å². The van der Waals surface area contributed by atoms with Gasteiger partial charge in [0.05, 0.1) is 40.7 Å². The van der Waals surface area contributed by atoms with Crippen molar-refractivity contribution in [1.29, 1.82) is 0 Å². The highest BCUT2D eigenvalue weighted by Crippen LogP contribution is 2.43. The van der Waals surface area contributed by atoms with Crippen LogP contribution in [0.4, 0.5) is 0 Å². The van der Waals surface area contributed by atoms with Crippen LogP contribution in [0.2, 0.25) is 0 Å². The topological polar surface area (TPSA) is 82.5 Å². The number of thioether (sulfide) groups is 1. The van der Waals surface area contributed by atoms with Crippen molar-refractivity contribution < 1.29 is 19.1 Å². The van der Waals surface area contributed by atoms with E-state index in [9.17, 15) is 9.59 Å². The third-order valence-corrected chi connectivity index (χ3v) is 7.78. The molecule has 2 heterocycles. The van der Waals surface area contributed by atoms with Gasteiger partial charge in [0, 0.05) is 33.6 Å². The molecule has 0 fully saturated rings. The number of hydrogen-bond donors (Lipinski definition) is 1. The van der Waals surface area contributed by atoms with E-state index in [0.717, 1.165) is 29.0 Å². The van der Waals surface area contributed by atoms with Gasteiger partial charge in [0.2, 0.25) is 0 Å². The zero-order chi connectivity index (χ0) is 29.7. The molecule has 0 atom stereocenters. The Kier molecular flexibility index (Phi) is 9.76. The van der Waals surface area contributed by atoms with E-state index >= 15 is 0 Å². The van der Waals surface area contributed by atoms with Gasteiger partial charge in [-0.1, -0.05) is 37.3 Å². The lowest BCUT2D eigenvalue weighted by atomic mass is 9.79. The fourth-order valence-electron chi connectivity index (χ4n) is 4.87. The summed E-state index contributed by atoms with van der Waals surface area (Å²) in [4.78, 5) is 28.5. The molecule has 7 nitrogen and oxygen atoms in total. The molecule has 0 spiro atoms. The minimum Gasteiger partial charge on any atom is -0.460 e. The number of rotatable bonds is 10. The first-order chi connectivity index (χ1) is 19.6. The monoisotopic (exact) mass is 573 g/mol. The molecular weight excluding hydrogens is 534 g/mol. The highest BCUT2D eigenvalue weighted by atomic mass is 32.2. The molecule has 3 aromatic rings. The number of para-hydroxylation sites is 1. The molecular formula is C33H39N3O4S. The van der Waals surface area contributed by atoms with Crippen LogP contribution in [0.5, 0.6) is 0 Å². The van der Waals surface area contributed by atoms with Crippen LogP contribution in [0, 0.1) is 0 Å². The molecule has 4 rings (SSSR count). The molecule has 0 aliphatic carbocycles. The molecule has 216 valence electrons. The minimum absolute atomic E-state index is 0.332. The lowest BCUT2D eigenvalue weighted by molar-refractivity contribution is -0.143. The fraction of sp³-hybridized carbons (Fsp3) is 0.364. The molecule has 0 saturated heterocycles. The Morgan fingerprint density at radius 2 is 1.46 bits per heavy atom. The quantitative estimate of drug-likeness (QED) is 0.203. The lowest BCUT2D eigenvalue weighted by Crippen LogP contribution is -2.33. The number of nitrogens with one attached hydrogen (secondary N) is 1. The van der Waals surface area contributed by atoms with Crippen molar-refractivity contribution in [2.45, 2.75) is 77.9 Å². The molecule has 0 amide bonds. The van der Waals surface area contributed by atoms with Crippen molar-refractivity contribution in [2.24, 2.45) is 0 Å². The predicted octanol–water partition coefficient (Wildman–Crippen LogP) is 7.18. The minimum atomic E-state index is -0.754. The summed E-state index contributed by atoms with van der Waals surface area (Å²) in [7, 11) is 0. The molecule has 1 N–H and O–H groups in total. The Morgan fingerprint density at radius 3 is 1.98 bits per heavy atom. The molecule has 0 unspecified atom stereocenters. The van der Waals surface area contributed by atoms with Gasteiger partial charge in [0.1, 0.15) is 0 Å². The first-order valence-corrected chi connectivity index (χ1v) is 15.1. The SMILES string of the molecule is CCCSc1ccc(-c2nn(-c3ccccc3)cc2C2C(C(=O)OC(C)C)=C(C)NC(C)=C2C(=O)OC(C)C)cc1. The third-order valence-electron chi connectivity index (χ3n) is 6.56. The average molecular weight is 574 g/mol. The van der Waals surface area contributed by atoms with E-state index in [1.54, 1.807) is 4.68 Å². The normalized spacial score (nSPS) is 14.1. The van der Waals surface area contributed by atoms with Gasteiger partial charge < -0.3 is 14.8 Å². The largest absolute Gasteiger partial charge is 0.460 e. The van der Waals surface area contributed by atoms with Crippen molar-refractivity contribution in [3.05, 3.63) is 88.9 Å². The van der Waals surface area contributed by atoms with E-state index in [4.69, 9.17) is 14.6 Å². The zero-order valence-corrected chi connectivity index (χ0v) is 25.7. The Labute approximate surface area is 247 Å². The van der Waals surface area contributed by atoms with E-state index in [1.165, 1.54) is 4.90 Å². The Balaban J connectivity index is 1.96. The van der Waals surface area contributed by atoms with Crippen LogP contribution in [0.15, 0.2) is 88.2 Å². The van der Waals surface area contributed by atoms with E-state index in [0.29, 0.717) is 28.2 Å². The van der Waals surface area contributed by atoms with Gasteiger partial charge in [-0.3, -0.25) is 0 Å². The Bertz CT molecular complexity index is 1410. The van der Waals surface area contributed by atoms with Crippen molar-refractivity contribution >= 4 is 23.7 Å². The summed E-state index contributed by atoms with van der Waals surface area (Å²) in [5.41, 5.74) is 5.13. The number of aromatic nitrogens is 2. The van der Waals surface area contributed by atoms with Gasteiger partial charge in [-0.2, -0.15) is 5.10 Å². The first-order valence-electron chi connectivity index (χ1n) is 14.1. The summed E-state index contributed by atoms with van der Waals surface area (Å²) in [6, 6.07) is 18.1. The van der Waals surface area contributed by atoms with Crippen LogP contribution >= 0.6 is 11.8 Å². The summed E-state index contributed by atoms with van der Waals surface area (Å²) >= 11 is 1.81. The highest BCUT2D eigenvalue weighted by molar-refractivity contribution is 7.99. The van der Waals surface area contributed by atoms with Crippen LogP contribution in [0.25, 0.3) is 16.9 Å². The number of esters is 2. The molecule has 41 heavy (non-hydrogen) atoms. The van der Waals surface area contributed by atoms with Crippen LogP contribution in [-0.2, 0) is 19.1 Å². The van der Waals surface area contributed by atoms with E-state index < -0.39 is 17.9 Å². The van der Waals surface area contributed by atoms with Gasteiger partial charge in [-0.15, -0.1) is 11.8 Å².